The third kappa shape index (κ3) is 2.87. The van der Waals surface area contributed by atoms with Gasteiger partial charge in [0.25, 0.3) is 0 Å². The maximum atomic E-state index is 5.31. The molecule has 1 radical (unpaired) electrons. The number of hydrogen-bond donors (Lipinski definition) is 0. The monoisotopic (exact) mass is 205 g/mol. The number of hydrogen-bond acceptors (Lipinski definition) is 1. The summed E-state index contributed by atoms with van der Waals surface area (Å²) in [6, 6.07) is 0. The molecule has 1 heteroatoms. The molecule has 1 heterocycles. The molecule has 0 saturated carbocycles. The molecule has 2 rings (SSSR count). The Labute approximate surface area is 93.2 Å². The number of unbranched alkanes of at least 4 members (excludes halogenated alkanes) is 2. The van der Waals surface area contributed by atoms with Crippen LogP contribution in [0.5, 0.6) is 0 Å². The second-order valence-electron chi connectivity index (χ2n) is 4.63. The van der Waals surface area contributed by atoms with Crippen LogP contribution in [0.3, 0.4) is 0 Å². The zero-order chi connectivity index (χ0) is 10.5. The predicted molar refractivity (Wildman–Crippen MR) is 63.3 cm³/mol. The Hall–Kier alpha value is -0.720. The van der Waals surface area contributed by atoms with Gasteiger partial charge in [0.1, 0.15) is 6.61 Å². The van der Waals surface area contributed by atoms with Crippen molar-refractivity contribution in [2.75, 3.05) is 6.61 Å². The fourth-order valence-corrected chi connectivity index (χ4v) is 2.44. The summed E-state index contributed by atoms with van der Waals surface area (Å²) in [5, 5.41) is 0. The Balaban J connectivity index is 1.82. The van der Waals surface area contributed by atoms with Gasteiger partial charge >= 0.3 is 0 Å². The van der Waals surface area contributed by atoms with E-state index in [0.717, 1.165) is 12.5 Å². The first-order valence-corrected chi connectivity index (χ1v) is 6.25. The summed E-state index contributed by atoms with van der Waals surface area (Å²) in [5.74, 6) is 0.818. The maximum Gasteiger partial charge on any atom is 0.109 e. The first-order valence-electron chi connectivity index (χ1n) is 6.25. The Morgan fingerprint density at radius 2 is 2.33 bits per heavy atom. The largest absolute Gasteiger partial charge is 0.497 e. The molecule has 1 aliphatic heterocycles. The molecule has 15 heavy (non-hydrogen) atoms. The number of allylic oxidation sites excluding steroid dienone is 2. The smallest absolute Gasteiger partial charge is 0.109 e. The van der Waals surface area contributed by atoms with Crippen molar-refractivity contribution in [2.45, 2.75) is 45.4 Å². The molecule has 1 atom stereocenters. The maximum absolute atomic E-state index is 5.31. The van der Waals surface area contributed by atoms with Crippen LogP contribution in [-0.2, 0) is 4.74 Å². The summed E-state index contributed by atoms with van der Waals surface area (Å²) in [5.41, 5.74) is 2.96. The first kappa shape index (κ1) is 10.8. The molecular formula is C14H21O. The van der Waals surface area contributed by atoms with Crippen molar-refractivity contribution in [3.8, 4) is 0 Å². The van der Waals surface area contributed by atoms with E-state index >= 15 is 0 Å². The van der Waals surface area contributed by atoms with Crippen LogP contribution < -0.4 is 0 Å². The Morgan fingerprint density at radius 3 is 3.20 bits per heavy atom. The molecule has 0 aromatic carbocycles. The van der Waals surface area contributed by atoms with Gasteiger partial charge in [-0.05, 0) is 48.8 Å². The topological polar surface area (TPSA) is 9.23 Å². The quantitative estimate of drug-likeness (QED) is 0.630. The molecule has 0 saturated heterocycles. The first-order chi connectivity index (χ1) is 7.40. The molecule has 0 aromatic rings. The zero-order valence-corrected chi connectivity index (χ0v) is 9.67. The van der Waals surface area contributed by atoms with Crippen LogP contribution in [0.2, 0.25) is 0 Å². The average Bonchev–Trinajstić information content (AvgIpc) is 2.29. The van der Waals surface area contributed by atoms with E-state index in [4.69, 9.17) is 4.74 Å². The van der Waals surface area contributed by atoms with Crippen molar-refractivity contribution in [2.24, 2.45) is 5.92 Å². The van der Waals surface area contributed by atoms with E-state index < -0.39 is 0 Å². The van der Waals surface area contributed by atoms with E-state index in [-0.39, 0.29) is 0 Å². The van der Waals surface area contributed by atoms with Crippen molar-refractivity contribution in [1.82, 2.24) is 0 Å². The standard InChI is InChI=1S/C14H21O/c1-2-3-4-5-12-6-7-14-11-15-9-8-13(14)10-12/h8-10,12H,2-7,11H2,1H3. The van der Waals surface area contributed by atoms with Crippen LogP contribution in [0, 0.1) is 12.3 Å². The molecule has 0 spiro atoms. The van der Waals surface area contributed by atoms with Gasteiger partial charge in [-0.3, -0.25) is 0 Å². The molecule has 0 amide bonds. The second-order valence-corrected chi connectivity index (χ2v) is 4.63. The summed E-state index contributed by atoms with van der Waals surface area (Å²) in [7, 11) is 0. The lowest BCUT2D eigenvalue weighted by Gasteiger charge is -2.27. The van der Waals surface area contributed by atoms with E-state index in [1.165, 1.54) is 49.7 Å². The van der Waals surface area contributed by atoms with Gasteiger partial charge in [-0.15, -0.1) is 0 Å². The highest BCUT2D eigenvalue weighted by Crippen LogP contribution is 2.33. The van der Waals surface area contributed by atoms with Gasteiger partial charge in [0.05, 0.1) is 6.26 Å². The third-order valence-corrected chi connectivity index (χ3v) is 3.42. The molecule has 0 bridgehead atoms. The van der Waals surface area contributed by atoms with Gasteiger partial charge in [0.2, 0.25) is 0 Å². The minimum Gasteiger partial charge on any atom is -0.497 e. The van der Waals surface area contributed by atoms with Gasteiger partial charge in [-0.25, -0.2) is 0 Å². The summed E-state index contributed by atoms with van der Waals surface area (Å²) < 4.78 is 5.31. The van der Waals surface area contributed by atoms with Crippen LogP contribution in [0.25, 0.3) is 0 Å². The van der Waals surface area contributed by atoms with Gasteiger partial charge in [0.15, 0.2) is 0 Å². The fraction of sp³-hybridized carbons (Fsp3) is 0.643. The molecule has 1 unspecified atom stereocenters. The summed E-state index contributed by atoms with van der Waals surface area (Å²) in [6.45, 7) is 3.09. The van der Waals surface area contributed by atoms with Gasteiger partial charge < -0.3 is 4.74 Å². The molecule has 1 nitrogen and oxygen atoms in total. The van der Waals surface area contributed by atoms with Crippen molar-refractivity contribution < 1.29 is 4.74 Å². The molecule has 1 aliphatic carbocycles. The second kappa shape index (κ2) is 5.39. The number of rotatable bonds is 4. The normalized spacial score (nSPS) is 25.0. The third-order valence-electron chi connectivity index (χ3n) is 3.42. The van der Waals surface area contributed by atoms with Gasteiger partial charge in [-0.2, -0.15) is 0 Å². The highest BCUT2D eigenvalue weighted by atomic mass is 16.5. The molecule has 0 N–H and O–H groups in total. The van der Waals surface area contributed by atoms with Crippen LogP contribution in [0.4, 0.5) is 0 Å². The summed E-state index contributed by atoms with van der Waals surface area (Å²) >= 11 is 0. The minimum atomic E-state index is 0.818. The van der Waals surface area contributed by atoms with Gasteiger partial charge in [-0.1, -0.05) is 26.2 Å². The molecule has 2 aliphatic rings. The Morgan fingerprint density at radius 1 is 1.40 bits per heavy atom. The minimum absolute atomic E-state index is 0.818. The van der Waals surface area contributed by atoms with Crippen molar-refractivity contribution in [1.29, 1.82) is 0 Å². The van der Waals surface area contributed by atoms with Crippen LogP contribution in [0.1, 0.15) is 45.4 Å². The van der Waals surface area contributed by atoms with Crippen LogP contribution in [-0.4, -0.2) is 6.61 Å². The van der Waals surface area contributed by atoms with Gasteiger partial charge in [0, 0.05) is 0 Å². The number of ether oxygens (including phenoxy) is 1. The van der Waals surface area contributed by atoms with Crippen LogP contribution >= 0.6 is 0 Å². The fourth-order valence-electron chi connectivity index (χ4n) is 2.44. The predicted octanol–water partition coefficient (Wildman–Crippen LogP) is 4.02. The Kier molecular flexibility index (Phi) is 3.87. The van der Waals surface area contributed by atoms with E-state index in [0.29, 0.717) is 0 Å². The van der Waals surface area contributed by atoms with E-state index in [1.54, 1.807) is 0 Å². The molecule has 83 valence electrons. The molecule has 0 fully saturated rings. The average molecular weight is 205 g/mol. The highest BCUT2D eigenvalue weighted by molar-refractivity contribution is 5.37. The van der Waals surface area contributed by atoms with E-state index in [2.05, 4.69) is 19.4 Å². The summed E-state index contributed by atoms with van der Waals surface area (Å²) in [4.78, 5) is 0. The highest BCUT2D eigenvalue weighted by Gasteiger charge is 2.21. The van der Waals surface area contributed by atoms with Crippen LogP contribution in [0.15, 0.2) is 23.5 Å². The van der Waals surface area contributed by atoms with Crippen molar-refractivity contribution >= 4 is 0 Å². The zero-order valence-electron chi connectivity index (χ0n) is 9.67. The lowest BCUT2D eigenvalue weighted by atomic mass is 9.81. The molecular weight excluding hydrogens is 184 g/mol. The Bertz CT molecular complexity index is 263. The summed E-state index contributed by atoms with van der Waals surface area (Å²) in [6.07, 6.45) is 14.5. The molecule has 0 aromatic heterocycles. The SMILES string of the molecule is CCCCCC1[CH]C2=C(CC1)COC=C2. The van der Waals surface area contributed by atoms with E-state index in [9.17, 15) is 0 Å². The van der Waals surface area contributed by atoms with Crippen molar-refractivity contribution in [3.63, 3.8) is 0 Å². The lowest BCUT2D eigenvalue weighted by molar-refractivity contribution is 0.264. The van der Waals surface area contributed by atoms with E-state index in [1.807, 2.05) is 6.26 Å². The van der Waals surface area contributed by atoms with Crippen molar-refractivity contribution in [3.05, 3.63) is 29.9 Å². The lowest BCUT2D eigenvalue weighted by Crippen LogP contribution is -2.15.